The molecule has 0 bridgehead atoms. The summed E-state index contributed by atoms with van der Waals surface area (Å²) in [5, 5.41) is 14.4. The third kappa shape index (κ3) is 3.67. The molecule has 1 aromatic carbocycles. The molecule has 1 heterocycles. The van der Waals surface area contributed by atoms with Crippen LogP contribution in [-0.2, 0) is 12.8 Å². The molecule has 0 fully saturated rings. The molecule has 0 aliphatic rings. The van der Waals surface area contributed by atoms with Crippen LogP contribution in [0.25, 0.3) is 0 Å². The van der Waals surface area contributed by atoms with Crippen LogP contribution in [0.2, 0.25) is 0 Å². The number of hydrogen-bond acceptors (Lipinski definition) is 3. The van der Waals surface area contributed by atoms with Crippen molar-refractivity contribution in [1.29, 1.82) is 0 Å². The van der Waals surface area contributed by atoms with Crippen molar-refractivity contribution in [2.24, 2.45) is 0 Å². The molecule has 108 valence electrons. The predicted molar refractivity (Wildman–Crippen MR) is 79.6 cm³/mol. The molecule has 0 saturated heterocycles. The number of aliphatic hydroxyl groups excluding tert-OH is 1. The van der Waals surface area contributed by atoms with Crippen LogP contribution >= 0.6 is 0 Å². The zero-order valence-corrected chi connectivity index (χ0v) is 12.5. The van der Waals surface area contributed by atoms with Gasteiger partial charge in [-0.05, 0) is 44.7 Å². The minimum atomic E-state index is -0.378. The first-order valence-corrected chi connectivity index (χ1v) is 7.19. The molecule has 0 aliphatic heterocycles. The number of aliphatic hydroxyl groups is 1. The highest BCUT2D eigenvalue weighted by molar-refractivity contribution is 5.25. The summed E-state index contributed by atoms with van der Waals surface area (Å²) >= 11 is 0. The van der Waals surface area contributed by atoms with Gasteiger partial charge in [-0.3, -0.25) is 0 Å². The van der Waals surface area contributed by atoms with Gasteiger partial charge in [0.2, 0.25) is 0 Å². The summed E-state index contributed by atoms with van der Waals surface area (Å²) < 4.78 is 1.87. The zero-order chi connectivity index (χ0) is 14.5. The molecule has 0 saturated carbocycles. The van der Waals surface area contributed by atoms with Gasteiger partial charge < -0.3 is 5.11 Å². The van der Waals surface area contributed by atoms with Gasteiger partial charge in [0.15, 0.2) is 0 Å². The van der Waals surface area contributed by atoms with Crippen molar-refractivity contribution in [2.45, 2.75) is 52.2 Å². The lowest BCUT2D eigenvalue weighted by atomic mass is 10.0. The molecule has 0 aliphatic carbocycles. The maximum absolute atomic E-state index is 10.2. The van der Waals surface area contributed by atoms with Gasteiger partial charge >= 0.3 is 0 Å². The Labute approximate surface area is 120 Å². The Morgan fingerprint density at radius 2 is 2.00 bits per heavy atom. The summed E-state index contributed by atoms with van der Waals surface area (Å²) in [6, 6.07) is 8.59. The molecule has 1 unspecified atom stereocenters. The van der Waals surface area contributed by atoms with E-state index in [9.17, 15) is 5.11 Å². The van der Waals surface area contributed by atoms with Gasteiger partial charge in [-0.15, -0.1) is 0 Å². The SMILES string of the molecule is Cc1ccccc1CCC(O)Cc1ncnn1C(C)C. The smallest absolute Gasteiger partial charge is 0.138 e. The first-order valence-electron chi connectivity index (χ1n) is 7.19. The molecule has 2 aromatic rings. The Balaban J connectivity index is 1.91. The highest BCUT2D eigenvalue weighted by atomic mass is 16.3. The van der Waals surface area contributed by atoms with Crippen molar-refractivity contribution in [3.05, 3.63) is 47.5 Å². The number of hydrogen-bond donors (Lipinski definition) is 1. The Bertz CT molecular complexity index is 548. The van der Waals surface area contributed by atoms with Crippen molar-refractivity contribution in [3.8, 4) is 0 Å². The lowest BCUT2D eigenvalue weighted by Crippen LogP contribution is -2.17. The largest absolute Gasteiger partial charge is 0.393 e. The van der Waals surface area contributed by atoms with Gasteiger partial charge in [0.1, 0.15) is 12.2 Å². The highest BCUT2D eigenvalue weighted by Crippen LogP contribution is 2.13. The average molecular weight is 273 g/mol. The number of rotatable bonds is 6. The van der Waals surface area contributed by atoms with Gasteiger partial charge in [-0.2, -0.15) is 5.10 Å². The molecule has 1 atom stereocenters. The first-order chi connectivity index (χ1) is 9.58. The van der Waals surface area contributed by atoms with E-state index in [0.29, 0.717) is 6.42 Å². The van der Waals surface area contributed by atoms with E-state index in [2.05, 4.69) is 43.0 Å². The van der Waals surface area contributed by atoms with Crippen LogP contribution in [0.4, 0.5) is 0 Å². The van der Waals surface area contributed by atoms with Crippen LogP contribution < -0.4 is 0 Å². The zero-order valence-electron chi connectivity index (χ0n) is 12.5. The first kappa shape index (κ1) is 14.7. The summed E-state index contributed by atoms with van der Waals surface area (Å²) in [5.41, 5.74) is 2.59. The topological polar surface area (TPSA) is 50.9 Å². The molecular formula is C16H23N3O. The third-order valence-corrected chi connectivity index (χ3v) is 3.56. The third-order valence-electron chi connectivity index (χ3n) is 3.56. The predicted octanol–water partition coefficient (Wildman–Crippen LogP) is 2.70. The number of benzene rings is 1. The monoisotopic (exact) mass is 273 g/mol. The van der Waals surface area contributed by atoms with E-state index in [0.717, 1.165) is 18.7 Å². The Morgan fingerprint density at radius 3 is 2.70 bits per heavy atom. The summed E-state index contributed by atoms with van der Waals surface area (Å²) in [7, 11) is 0. The maximum Gasteiger partial charge on any atom is 0.138 e. The van der Waals surface area contributed by atoms with Crippen molar-refractivity contribution in [2.75, 3.05) is 0 Å². The lowest BCUT2D eigenvalue weighted by Gasteiger charge is -2.14. The highest BCUT2D eigenvalue weighted by Gasteiger charge is 2.13. The van der Waals surface area contributed by atoms with Crippen LogP contribution in [-0.4, -0.2) is 26.0 Å². The molecule has 1 N–H and O–H groups in total. The minimum absolute atomic E-state index is 0.274. The molecule has 0 amide bonds. The van der Waals surface area contributed by atoms with Crippen LogP contribution in [0.1, 0.15) is 43.3 Å². The molecule has 4 heteroatoms. The standard InChI is InChI=1S/C16H23N3O/c1-12(2)19-16(17-11-18-19)10-15(20)9-8-14-7-5-4-6-13(14)3/h4-7,11-12,15,20H,8-10H2,1-3H3. The second-order valence-corrected chi connectivity index (χ2v) is 5.54. The fourth-order valence-electron chi connectivity index (χ4n) is 2.38. The Hall–Kier alpha value is -1.68. The van der Waals surface area contributed by atoms with E-state index in [1.54, 1.807) is 6.33 Å². The van der Waals surface area contributed by atoms with Gasteiger partial charge in [0, 0.05) is 12.5 Å². The van der Waals surface area contributed by atoms with E-state index < -0.39 is 0 Å². The molecule has 0 radical (unpaired) electrons. The molecular weight excluding hydrogens is 250 g/mol. The van der Waals surface area contributed by atoms with E-state index >= 15 is 0 Å². The van der Waals surface area contributed by atoms with E-state index in [1.165, 1.54) is 11.1 Å². The number of nitrogens with zero attached hydrogens (tertiary/aromatic N) is 3. The summed E-state index contributed by atoms with van der Waals surface area (Å²) in [5.74, 6) is 0.859. The lowest BCUT2D eigenvalue weighted by molar-refractivity contribution is 0.160. The molecule has 2 rings (SSSR count). The van der Waals surface area contributed by atoms with Gasteiger partial charge in [-0.25, -0.2) is 9.67 Å². The van der Waals surface area contributed by atoms with E-state index in [1.807, 2.05) is 16.8 Å². The van der Waals surface area contributed by atoms with E-state index in [4.69, 9.17) is 0 Å². The second kappa shape index (κ2) is 6.66. The van der Waals surface area contributed by atoms with E-state index in [-0.39, 0.29) is 12.1 Å². The fraction of sp³-hybridized carbons (Fsp3) is 0.500. The van der Waals surface area contributed by atoms with Crippen molar-refractivity contribution in [3.63, 3.8) is 0 Å². The number of aryl methyl sites for hydroxylation is 2. The fourth-order valence-corrected chi connectivity index (χ4v) is 2.38. The Kier molecular flexibility index (Phi) is 4.90. The summed E-state index contributed by atoms with van der Waals surface area (Å²) in [6.07, 6.45) is 3.38. The van der Waals surface area contributed by atoms with Crippen molar-refractivity contribution < 1.29 is 5.11 Å². The van der Waals surface area contributed by atoms with Crippen LogP contribution in [0.5, 0.6) is 0 Å². The normalized spacial score (nSPS) is 12.8. The van der Waals surface area contributed by atoms with Crippen molar-refractivity contribution >= 4 is 0 Å². The minimum Gasteiger partial charge on any atom is -0.393 e. The molecule has 1 aromatic heterocycles. The van der Waals surface area contributed by atoms with Crippen LogP contribution in [0, 0.1) is 6.92 Å². The van der Waals surface area contributed by atoms with Crippen molar-refractivity contribution in [1.82, 2.24) is 14.8 Å². The average Bonchev–Trinajstić information content (AvgIpc) is 2.86. The Morgan fingerprint density at radius 1 is 1.25 bits per heavy atom. The van der Waals surface area contributed by atoms with Crippen LogP contribution in [0.15, 0.2) is 30.6 Å². The summed E-state index contributed by atoms with van der Waals surface area (Å²) in [6.45, 7) is 6.24. The number of aromatic nitrogens is 3. The maximum atomic E-state index is 10.2. The van der Waals surface area contributed by atoms with Crippen LogP contribution in [0.3, 0.4) is 0 Å². The van der Waals surface area contributed by atoms with Gasteiger partial charge in [0.25, 0.3) is 0 Å². The second-order valence-electron chi connectivity index (χ2n) is 5.54. The van der Waals surface area contributed by atoms with Gasteiger partial charge in [0.05, 0.1) is 6.10 Å². The summed E-state index contributed by atoms with van der Waals surface area (Å²) in [4.78, 5) is 4.24. The molecule has 20 heavy (non-hydrogen) atoms. The van der Waals surface area contributed by atoms with Gasteiger partial charge in [-0.1, -0.05) is 24.3 Å². The molecule has 0 spiro atoms. The quantitative estimate of drug-likeness (QED) is 0.880. The molecule has 4 nitrogen and oxygen atoms in total.